The minimum atomic E-state index is -0.0493. The highest BCUT2D eigenvalue weighted by atomic mass is 16.6. The molecule has 186 valence electrons. The fraction of sp³-hybridized carbons (Fsp3) is 0.724. The Bertz CT molecular complexity index is 793. The van der Waals surface area contributed by atoms with Crippen LogP contribution in [0.1, 0.15) is 51.4 Å². The van der Waals surface area contributed by atoms with E-state index in [1.807, 2.05) is 0 Å². The first kappa shape index (κ1) is 24.0. The fourth-order valence-corrected chi connectivity index (χ4v) is 7.14. The van der Waals surface area contributed by atoms with Crippen LogP contribution in [0.3, 0.4) is 0 Å². The molecule has 5 aliphatic rings. The summed E-state index contributed by atoms with van der Waals surface area (Å²) < 4.78 is 11.2. The largest absolute Gasteiger partial charge is 0.378 e. The van der Waals surface area contributed by atoms with Gasteiger partial charge in [0.15, 0.2) is 0 Å². The van der Waals surface area contributed by atoms with Crippen LogP contribution in [0.2, 0.25) is 0 Å². The Labute approximate surface area is 204 Å². The van der Waals surface area contributed by atoms with Gasteiger partial charge in [-0.1, -0.05) is 37.1 Å². The molecule has 9 unspecified atom stereocenters. The van der Waals surface area contributed by atoms with Gasteiger partial charge in [0.1, 0.15) is 6.10 Å². The monoisotopic (exact) mass is 467 g/mol. The first-order valence-corrected chi connectivity index (χ1v) is 13.5. The van der Waals surface area contributed by atoms with Gasteiger partial charge in [-0.2, -0.15) is 0 Å². The number of amides is 2. The van der Waals surface area contributed by atoms with E-state index in [1.54, 1.807) is 4.90 Å². The number of carbonyl (C=O) groups excluding carboxylic acids is 2. The van der Waals surface area contributed by atoms with Crippen molar-refractivity contribution in [1.29, 1.82) is 0 Å². The summed E-state index contributed by atoms with van der Waals surface area (Å²) in [7, 11) is 0. The smallest absolute Gasteiger partial charge is 0.233 e. The predicted molar refractivity (Wildman–Crippen MR) is 132 cm³/mol. The van der Waals surface area contributed by atoms with Gasteiger partial charge in [0.2, 0.25) is 11.8 Å². The minimum Gasteiger partial charge on any atom is -0.378 e. The summed E-state index contributed by atoms with van der Waals surface area (Å²) in [6.07, 6.45) is 17.6. The van der Waals surface area contributed by atoms with Gasteiger partial charge in [0, 0.05) is 6.54 Å². The lowest BCUT2D eigenvalue weighted by Crippen LogP contribution is -2.36. The highest BCUT2D eigenvalue weighted by Gasteiger charge is 2.49. The average Bonchev–Trinajstić information content (AvgIpc) is 3.39. The highest BCUT2D eigenvalue weighted by molar-refractivity contribution is 6.05. The molecule has 2 heterocycles. The van der Waals surface area contributed by atoms with Gasteiger partial charge in [-0.15, -0.1) is 13.2 Å². The van der Waals surface area contributed by atoms with E-state index in [9.17, 15) is 9.59 Å². The number of hydrogen-bond acceptors (Lipinski definition) is 4. The highest BCUT2D eigenvalue weighted by Crippen LogP contribution is 2.44. The van der Waals surface area contributed by atoms with E-state index in [-0.39, 0.29) is 23.7 Å². The van der Waals surface area contributed by atoms with Gasteiger partial charge >= 0.3 is 0 Å². The molecule has 5 nitrogen and oxygen atoms in total. The lowest BCUT2D eigenvalue weighted by molar-refractivity contribution is -0.140. The number of ether oxygens (including phenoxy) is 2. The Morgan fingerprint density at radius 2 is 1.53 bits per heavy atom. The van der Waals surface area contributed by atoms with Crippen molar-refractivity contribution >= 4 is 11.8 Å². The van der Waals surface area contributed by atoms with Gasteiger partial charge in [0.25, 0.3) is 0 Å². The Kier molecular flexibility index (Phi) is 7.41. The van der Waals surface area contributed by atoms with E-state index in [1.165, 1.54) is 0 Å². The Morgan fingerprint density at radius 1 is 0.853 bits per heavy atom. The number of nitrogens with zero attached hydrogens (tertiary/aromatic N) is 1. The standard InChI is InChI=1S/C29H41NO4/c1-3-19-11-22(10-9-20-13-21(4-2)24(14-20)16-33-17-25-18-34-25)23(12-19)15-30-28(31)26-7-5-6-8-27(26)29(30)32/h3-4,9-10,19-27H,1-2,5-8,11-18H2/b10-9-. The molecule has 9 atom stereocenters. The van der Waals surface area contributed by atoms with Gasteiger partial charge in [-0.25, -0.2) is 0 Å². The third kappa shape index (κ3) is 5.11. The normalized spacial score (nSPS) is 41.9. The molecule has 5 heteroatoms. The number of likely N-dealkylation sites (tertiary alicyclic amines) is 1. The van der Waals surface area contributed by atoms with Crippen LogP contribution in [0.4, 0.5) is 0 Å². The quantitative estimate of drug-likeness (QED) is 0.263. The van der Waals surface area contributed by atoms with E-state index in [2.05, 4.69) is 37.5 Å². The Balaban J connectivity index is 1.19. The number of epoxide rings is 1. The van der Waals surface area contributed by atoms with Gasteiger partial charge in [-0.05, 0) is 74.0 Å². The molecule has 0 aromatic heterocycles. The molecule has 2 saturated heterocycles. The molecule has 3 saturated carbocycles. The van der Waals surface area contributed by atoms with E-state index in [0.29, 0.717) is 54.8 Å². The van der Waals surface area contributed by atoms with Crippen molar-refractivity contribution in [2.75, 3.05) is 26.4 Å². The van der Waals surface area contributed by atoms with Crippen molar-refractivity contribution in [2.45, 2.75) is 57.5 Å². The zero-order chi connectivity index (χ0) is 23.7. The zero-order valence-electron chi connectivity index (χ0n) is 20.5. The third-order valence-electron chi connectivity index (χ3n) is 9.23. The maximum absolute atomic E-state index is 13.0. The van der Waals surface area contributed by atoms with Gasteiger partial charge < -0.3 is 9.47 Å². The molecule has 0 N–H and O–H groups in total. The second kappa shape index (κ2) is 10.5. The number of imide groups is 1. The number of carbonyl (C=O) groups is 2. The van der Waals surface area contributed by atoms with Crippen LogP contribution in [-0.2, 0) is 19.1 Å². The fourth-order valence-electron chi connectivity index (χ4n) is 7.14. The minimum absolute atomic E-state index is 0.0493. The van der Waals surface area contributed by atoms with Gasteiger partial charge in [-0.3, -0.25) is 14.5 Å². The van der Waals surface area contributed by atoms with Crippen LogP contribution >= 0.6 is 0 Å². The molecule has 0 bridgehead atoms. The maximum atomic E-state index is 13.0. The van der Waals surface area contributed by atoms with E-state index >= 15 is 0 Å². The molecular weight excluding hydrogens is 426 g/mol. The average molecular weight is 468 g/mol. The molecule has 5 rings (SSSR count). The van der Waals surface area contributed by atoms with Crippen LogP contribution in [0.25, 0.3) is 0 Å². The second-order valence-electron chi connectivity index (χ2n) is 11.4. The zero-order valence-corrected chi connectivity index (χ0v) is 20.5. The maximum Gasteiger partial charge on any atom is 0.233 e. The van der Waals surface area contributed by atoms with Gasteiger partial charge in [0.05, 0.1) is 31.7 Å². The molecule has 0 spiro atoms. The molecule has 5 fully saturated rings. The molecular formula is C29H41NO4. The molecule has 0 radical (unpaired) electrons. The van der Waals surface area contributed by atoms with Crippen molar-refractivity contribution in [3.63, 3.8) is 0 Å². The van der Waals surface area contributed by atoms with Crippen LogP contribution in [0.5, 0.6) is 0 Å². The SMILES string of the molecule is C=CC1CC(/C=C\C2CC(C=C)C(COCC3CO3)C2)C(CN2C(=O)C3CCCCC3C2=O)C1. The second-order valence-corrected chi connectivity index (χ2v) is 11.4. The lowest BCUT2D eigenvalue weighted by Gasteiger charge is -2.23. The molecule has 34 heavy (non-hydrogen) atoms. The molecule has 0 aromatic rings. The van der Waals surface area contributed by atoms with Crippen molar-refractivity contribution in [1.82, 2.24) is 4.90 Å². The van der Waals surface area contributed by atoms with Crippen LogP contribution in [0, 0.1) is 47.3 Å². The van der Waals surface area contributed by atoms with Crippen LogP contribution in [-0.4, -0.2) is 49.2 Å². The lowest BCUT2D eigenvalue weighted by atomic mass is 9.81. The molecule has 2 aliphatic heterocycles. The summed E-state index contributed by atoms with van der Waals surface area (Å²) >= 11 is 0. The van der Waals surface area contributed by atoms with Crippen molar-refractivity contribution in [2.24, 2.45) is 47.3 Å². The van der Waals surface area contributed by atoms with E-state index in [4.69, 9.17) is 9.47 Å². The molecule has 3 aliphatic carbocycles. The number of fused-ring (bicyclic) bond motifs is 1. The van der Waals surface area contributed by atoms with Crippen LogP contribution in [0.15, 0.2) is 37.5 Å². The number of hydrogen-bond donors (Lipinski definition) is 0. The summed E-state index contributed by atoms with van der Waals surface area (Å²) in [6.45, 7) is 11.0. The first-order valence-electron chi connectivity index (χ1n) is 13.5. The summed E-state index contributed by atoms with van der Waals surface area (Å²) in [5, 5.41) is 0. The Hall–Kier alpha value is -1.72. The summed E-state index contributed by atoms with van der Waals surface area (Å²) in [4.78, 5) is 27.7. The topological polar surface area (TPSA) is 59.1 Å². The van der Waals surface area contributed by atoms with Crippen LogP contribution < -0.4 is 0 Å². The number of allylic oxidation sites excluding steroid dienone is 4. The molecule has 2 amide bonds. The van der Waals surface area contributed by atoms with E-state index < -0.39 is 0 Å². The third-order valence-corrected chi connectivity index (χ3v) is 9.23. The predicted octanol–water partition coefficient (Wildman–Crippen LogP) is 4.79. The van der Waals surface area contributed by atoms with Crippen molar-refractivity contribution in [3.8, 4) is 0 Å². The van der Waals surface area contributed by atoms with E-state index in [0.717, 1.165) is 64.6 Å². The van der Waals surface area contributed by atoms with Crippen molar-refractivity contribution < 1.29 is 19.1 Å². The molecule has 0 aromatic carbocycles. The Morgan fingerprint density at radius 3 is 2.18 bits per heavy atom. The first-order chi connectivity index (χ1) is 16.6. The summed E-state index contributed by atoms with van der Waals surface area (Å²) in [6, 6.07) is 0. The number of rotatable bonds is 10. The van der Waals surface area contributed by atoms with Crippen molar-refractivity contribution in [3.05, 3.63) is 37.5 Å². The summed E-state index contributed by atoms with van der Waals surface area (Å²) in [5.74, 6) is 2.86. The summed E-state index contributed by atoms with van der Waals surface area (Å²) in [5.41, 5.74) is 0.